The third-order valence-corrected chi connectivity index (χ3v) is 4.02. The molecule has 0 aliphatic carbocycles. The second kappa shape index (κ2) is 8.08. The lowest BCUT2D eigenvalue weighted by atomic mass is 9.96. The first-order valence-corrected chi connectivity index (χ1v) is 7.19. The van der Waals surface area contributed by atoms with E-state index >= 15 is 0 Å². The largest absolute Gasteiger partial charge is 0.316 e. The molecule has 0 spiro atoms. The SMILES string of the molecule is CCCC1CCCN(CC(CC)NC)CC1. The van der Waals surface area contributed by atoms with Gasteiger partial charge in [-0.2, -0.15) is 0 Å². The molecule has 0 radical (unpaired) electrons. The molecule has 1 heterocycles. The van der Waals surface area contributed by atoms with Gasteiger partial charge in [-0.05, 0) is 51.7 Å². The Balaban J connectivity index is 2.29. The fourth-order valence-corrected chi connectivity index (χ4v) is 2.84. The second-order valence-corrected chi connectivity index (χ2v) is 5.28. The molecule has 0 aromatic carbocycles. The quantitative estimate of drug-likeness (QED) is 0.749. The first-order chi connectivity index (χ1) is 7.80. The molecule has 1 fully saturated rings. The highest BCUT2D eigenvalue weighted by molar-refractivity contribution is 4.74. The molecule has 1 aliphatic heterocycles. The molecular weight excluding hydrogens is 196 g/mol. The zero-order valence-electron chi connectivity index (χ0n) is 11.5. The number of hydrogen-bond donors (Lipinski definition) is 1. The van der Waals surface area contributed by atoms with Gasteiger partial charge in [0.05, 0.1) is 0 Å². The number of hydrogen-bond acceptors (Lipinski definition) is 2. The molecule has 1 N–H and O–H groups in total. The van der Waals surface area contributed by atoms with Crippen molar-refractivity contribution in [1.29, 1.82) is 0 Å². The summed E-state index contributed by atoms with van der Waals surface area (Å²) in [5, 5.41) is 3.41. The van der Waals surface area contributed by atoms with Crippen molar-refractivity contribution in [2.24, 2.45) is 5.92 Å². The van der Waals surface area contributed by atoms with Crippen molar-refractivity contribution in [2.45, 2.75) is 58.4 Å². The highest BCUT2D eigenvalue weighted by Gasteiger charge is 2.17. The number of rotatable bonds is 6. The lowest BCUT2D eigenvalue weighted by Crippen LogP contribution is -2.39. The molecule has 1 aliphatic rings. The summed E-state index contributed by atoms with van der Waals surface area (Å²) in [6, 6.07) is 0.683. The van der Waals surface area contributed by atoms with E-state index in [0.29, 0.717) is 6.04 Å². The summed E-state index contributed by atoms with van der Waals surface area (Å²) in [6.45, 7) is 8.47. The van der Waals surface area contributed by atoms with E-state index in [4.69, 9.17) is 0 Å². The number of nitrogens with one attached hydrogen (secondary N) is 1. The minimum atomic E-state index is 0.683. The van der Waals surface area contributed by atoms with Crippen molar-refractivity contribution in [2.75, 3.05) is 26.7 Å². The third-order valence-electron chi connectivity index (χ3n) is 4.02. The molecule has 0 bridgehead atoms. The number of nitrogens with zero attached hydrogens (tertiary/aromatic N) is 1. The van der Waals surface area contributed by atoms with Crippen molar-refractivity contribution in [1.82, 2.24) is 10.2 Å². The van der Waals surface area contributed by atoms with Crippen molar-refractivity contribution in [3.05, 3.63) is 0 Å². The monoisotopic (exact) mass is 226 g/mol. The van der Waals surface area contributed by atoms with Crippen LogP contribution in [-0.4, -0.2) is 37.6 Å². The highest BCUT2D eigenvalue weighted by atomic mass is 15.1. The molecule has 2 unspecified atom stereocenters. The van der Waals surface area contributed by atoms with Crippen LogP contribution >= 0.6 is 0 Å². The Labute approximate surface area is 102 Å². The Kier molecular flexibility index (Phi) is 7.06. The van der Waals surface area contributed by atoms with Crippen LogP contribution in [-0.2, 0) is 0 Å². The summed E-state index contributed by atoms with van der Waals surface area (Å²) >= 11 is 0. The lowest BCUT2D eigenvalue weighted by molar-refractivity contribution is 0.247. The minimum absolute atomic E-state index is 0.683. The van der Waals surface area contributed by atoms with E-state index in [1.165, 1.54) is 58.2 Å². The molecule has 2 heteroatoms. The van der Waals surface area contributed by atoms with E-state index in [1.54, 1.807) is 0 Å². The first kappa shape index (κ1) is 14.0. The maximum atomic E-state index is 3.41. The normalized spacial score (nSPS) is 25.3. The van der Waals surface area contributed by atoms with Crippen LogP contribution in [0.4, 0.5) is 0 Å². The average Bonchev–Trinajstić information content (AvgIpc) is 2.52. The van der Waals surface area contributed by atoms with E-state index in [0.717, 1.165) is 5.92 Å². The Bertz CT molecular complexity index is 166. The third kappa shape index (κ3) is 4.84. The Morgan fingerprint density at radius 2 is 2.06 bits per heavy atom. The van der Waals surface area contributed by atoms with Gasteiger partial charge in [0, 0.05) is 12.6 Å². The van der Waals surface area contributed by atoms with Crippen molar-refractivity contribution in [3.8, 4) is 0 Å². The maximum absolute atomic E-state index is 3.41. The fraction of sp³-hybridized carbons (Fsp3) is 1.00. The molecule has 16 heavy (non-hydrogen) atoms. The Morgan fingerprint density at radius 1 is 1.25 bits per heavy atom. The fourth-order valence-electron chi connectivity index (χ4n) is 2.84. The molecule has 0 aromatic rings. The van der Waals surface area contributed by atoms with Gasteiger partial charge in [-0.3, -0.25) is 0 Å². The highest BCUT2D eigenvalue weighted by Crippen LogP contribution is 2.21. The van der Waals surface area contributed by atoms with E-state index in [9.17, 15) is 0 Å². The van der Waals surface area contributed by atoms with E-state index in [2.05, 4.69) is 31.1 Å². The topological polar surface area (TPSA) is 15.3 Å². The van der Waals surface area contributed by atoms with Crippen LogP contribution in [0.1, 0.15) is 52.4 Å². The predicted octanol–water partition coefficient (Wildman–Crippen LogP) is 2.89. The Hall–Kier alpha value is -0.0800. The van der Waals surface area contributed by atoms with Crippen molar-refractivity contribution in [3.63, 3.8) is 0 Å². The zero-order valence-corrected chi connectivity index (χ0v) is 11.5. The standard InChI is InChI=1S/C14H30N2/c1-4-7-13-8-6-10-16(11-9-13)12-14(5-2)15-3/h13-15H,4-12H2,1-3H3. The maximum Gasteiger partial charge on any atom is 0.0189 e. The average molecular weight is 226 g/mol. The van der Waals surface area contributed by atoms with Crippen LogP contribution < -0.4 is 5.32 Å². The lowest BCUT2D eigenvalue weighted by Gasteiger charge is -2.25. The van der Waals surface area contributed by atoms with Crippen LogP contribution in [0.2, 0.25) is 0 Å². The summed E-state index contributed by atoms with van der Waals surface area (Å²) in [4.78, 5) is 2.67. The molecule has 1 rings (SSSR count). The molecule has 1 saturated heterocycles. The zero-order chi connectivity index (χ0) is 11.8. The molecule has 2 nitrogen and oxygen atoms in total. The van der Waals surface area contributed by atoms with E-state index in [-0.39, 0.29) is 0 Å². The van der Waals surface area contributed by atoms with Crippen molar-refractivity contribution >= 4 is 0 Å². The van der Waals surface area contributed by atoms with Gasteiger partial charge in [-0.1, -0.05) is 26.7 Å². The van der Waals surface area contributed by atoms with Crippen molar-refractivity contribution < 1.29 is 0 Å². The second-order valence-electron chi connectivity index (χ2n) is 5.28. The number of likely N-dealkylation sites (tertiary alicyclic amines) is 1. The van der Waals surface area contributed by atoms with Gasteiger partial charge in [-0.25, -0.2) is 0 Å². The van der Waals surface area contributed by atoms with Gasteiger partial charge in [0.1, 0.15) is 0 Å². The molecular formula is C14H30N2. The van der Waals surface area contributed by atoms with Crippen LogP contribution in [0, 0.1) is 5.92 Å². The molecule has 2 atom stereocenters. The van der Waals surface area contributed by atoms with Crippen LogP contribution in [0.3, 0.4) is 0 Å². The summed E-state index contributed by atoms with van der Waals surface area (Å²) in [5.74, 6) is 1.00. The summed E-state index contributed by atoms with van der Waals surface area (Å²) in [5.41, 5.74) is 0. The molecule has 0 amide bonds. The predicted molar refractivity (Wildman–Crippen MR) is 71.8 cm³/mol. The van der Waals surface area contributed by atoms with Crippen LogP contribution in [0.5, 0.6) is 0 Å². The first-order valence-electron chi connectivity index (χ1n) is 7.19. The Morgan fingerprint density at radius 3 is 2.69 bits per heavy atom. The van der Waals surface area contributed by atoms with E-state index < -0.39 is 0 Å². The van der Waals surface area contributed by atoms with Gasteiger partial charge >= 0.3 is 0 Å². The van der Waals surface area contributed by atoms with Gasteiger partial charge < -0.3 is 10.2 Å². The van der Waals surface area contributed by atoms with Crippen LogP contribution in [0.15, 0.2) is 0 Å². The number of likely N-dealkylation sites (N-methyl/N-ethyl adjacent to an activating group) is 1. The molecule has 0 saturated carbocycles. The smallest absolute Gasteiger partial charge is 0.0189 e. The summed E-state index contributed by atoms with van der Waals surface area (Å²) in [7, 11) is 2.09. The summed E-state index contributed by atoms with van der Waals surface area (Å²) in [6.07, 6.45) is 8.33. The van der Waals surface area contributed by atoms with Gasteiger partial charge in [0.25, 0.3) is 0 Å². The van der Waals surface area contributed by atoms with E-state index in [1.807, 2.05) is 0 Å². The van der Waals surface area contributed by atoms with Gasteiger partial charge in [-0.15, -0.1) is 0 Å². The summed E-state index contributed by atoms with van der Waals surface area (Å²) < 4.78 is 0. The molecule has 96 valence electrons. The van der Waals surface area contributed by atoms with Gasteiger partial charge in [0.15, 0.2) is 0 Å². The minimum Gasteiger partial charge on any atom is -0.316 e. The van der Waals surface area contributed by atoms with Gasteiger partial charge in [0.2, 0.25) is 0 Å². The van der Waals surface area contributed by atoms with Crippen LogP contribution in [0.25, 0.3) is 0 Å². The molecule has 0 aromatic heterocycles.